The van der Waals surface area contributed by atoms with E-state index in [1.165, 1.54) is 24.3 Å². The van der Waals surface area contributed by atoms with Crippen molar-refractivity contribution in [2.75, 3.05) is 0 Å². The first-order chi connectivity index (χ1) is 28.2. The zero-order valence-electron chi connectivity index (χ0n) is 39.6. The lowest BCUT2D eigenvalue weighted by Crippen LogP contribution is -2.00. The first-order valence-corrected chi connectivity index (χ1v) is 12.1. The van der Waals surface area contributed by atoms with Crippen molar-refractivity contribution in [2.24, 2.45) is 0 Å². The van der Waals surface area contributed by atoms with Crippen molar-refractivity contribution >= 4 is 32.7 Å². The maximum Gasteiger partial charge on any atom is 0.164 e. The molecule has 0 bridgehead atoms. The van der Waals surface area contributed by atoms with Gasteiger partial charge in [0.2, 0.25) is 0 Å². The molecule has 0 aliphatic rings. The molecule has 0 amide bonds. The van der Waals surface area contributed by atoms with Gasteiger partial charge in [0.15, 0.2) is 17.5 Å². The third-order valence-electron chi connectivity index (χ3n) is 6.21. The predicted octanol–water partition coefficient (Wildman–Crippen LogP) is 9.59. The highest BCUT2D eigenvalue weighted by Crippen LogP contribution is 2.38. The monoisotopic (exact) mass is 544 g/mol. The minimum atomic E-state index is -0.708. The van der Waals surface area contributed by atoms with Crippen LogP contribution < -0.4 is 0 Å². The quantitative estimate of drug-likeness (QED) is 0.221. The number of hydrogen-bond acceptors (Lipinski definition) is 4. The molecule has 0 atom stereocenters. The van der Waals surface area contributed by atoms with E-state index >= 15 is 0 Å². The molecule has 8 aromatic rings. The number of nitrogens with zero attached hydrogens (tertiary/aromatic N) is 3. The Hall–Kier alpha value is -5.61. The lowest BCUT2D eigenvalue weighted by Gasteiger charge is -2.09. The molecule has 0 spiro atoms. The molecule has 0 saturated carbocycles. The van der Waals surface area contributed by atoms with Gasteiger partial charge in [0.25, 0.3) is 0 Å². The van der Waals surface area contributed by atoms with Crippen LogP contribution in [0.5, 0.6) is 0 Å². The second-order valence-corrected chi connectivity index (χ2v) is 8.64. The maximum atomic E-state index is 9.15. The molecule has 2 heterocycles. The molecule has 4 heteroatoms. The standard InChI is InChI=1S/C37H23N3O/c1-3-10-25(11-4-1)35-38-36(26-12-5-2-6-13-26)40-37(39-35)27-20-18-24(19-21-27)30-16-9-17-32-34(30)31-22-28-14-7-8-15-29(28)23-33(31)41-32/h1-23H/i1D,2D,3D,4D,5D,6D,7D,8D,9D,10D,11D,12D,13D,14D,15D,16D,17D,22D,23D. The van der Waals surface area contributed by atoms with E-state index in [-0.39, 0.29) is 55.2 Å². The van der Waals surface area contributed by atoms with Gasteiger partial charge >= 0.3 is 0 Å². The largest absolute Gasteiger partial charge is 0.456 e. The first-order valence-electron chi connectivity index (χ1n) is 21.6. The lowest BCUT2D eigenvalue weighted by molar-refractivity contribution is 0.669. The number of rotatable bonds is 4. The minimum absolute atomic E-state index is 0.0281. The van der Waals surface area contributed by atoms with E-state index in [0.29, 0.717) is 0 Å². The van der Waals surface area contributed by atoms with Gasteiger partial charge in [0, 0.05) is 27.5 Å². The fourth-order valence-corrected chi connectivity index (χ4v) is 4.37. The highest BCUT2D eigenvalue weighted by atomic mass is 16.3. The van der Waals surface area contributed by atoms with Gasteiger partial charge in [-0.25, -0.2) is 15.0 Å². The normalized spacial score (nSPS) is 17.9. The Bertz CT molecular complexity index is 3110. The van der Waals surface area contributed by atoms with Gasteiger partial charge in [-0.1, -0.05) is 121 Å². The Labute approximate surface area is 263 Å². The zero-order chi connectivity index (χ0) is 43.7. The topological polar surface area (TPSA) is 51.8 Å². The highest BCUT2D eigenvalue weighted by molar-refractivity contribution is 6.15. The van der Waals surface area contributed by atoms with Gasteiger partial charge in [-0.05, 0) is 40.0 Å². The summed E-state index contributed by atoms with van der Waals surface area (Å²) in [6, 6.07) is -6.16. The molecule has 0 aliphatic carbocycles. The van der Waals surface area contributed by atoms with Gasteiger partial charge in [0.1, 0.15) is 11.2 Å². The summed E-state index contributed by atoms with van der Waals surface area (Å²) in [7, 11) is 0. The van der Waals surface area contributed by atoms with E-state index in [0.717, 1.165) is 0 Å². The molecule has 0 aliphatic heterocycles. The molecule has 0 saturated heterocycles. The van der Waals surface area contributed by atoms with E-state index in [2.05, 4.69) is 15.0 Å². The number of fused-ring (bicyclic) bond motifs is 4. The number of furan rings is 1. The second kappa shape index (κ2) is 9.54. The van der Waals surface area contributed by atoms with Gasteiger partial charge in [0.05, 0.1) is 26.0 Å². The van der Waals surface area contributed by atoms with Gasteiger partial charge in [-0.3, -0.25) is 0 Å². The Morgan fingerprint density at radius 3 is 1.63 bits per heavy atom. The summed E-state index contributed by atoms with van der Waals surface area (Å²) in [5.41, 5.74) is -1.16. The van der Waals surface area contributed by atoms with Crippen LogP contribution in [0, 0.1) is 0 Å². The summed E-state index contributed by atoms with van der Waals surface area (Å²) >= 11 is 0. The van der Waals surface area contributed by atoms with Crippen molar-refractivity contribution in [3.05, 3.63) is 139 Å². The molecule has 0 N–H and O–H groups in total. The minimum Gasteiger partial charge on any atom is -0.456 e. The van der Waals surface area contributed by atoms with Crippen LogP contribution in [0.15, 0.2) is 143 Å². The molecule has 4 nitrogen and oxygen atoms in total. The van der Waals surface area contributed by atoms with Gasteiger partial charge < -0.3 is 4.42 Å². The number of hydrogen-bond donors (Lipinski definition) is 0. The van der Waals surface area contributed by atoms with Crippen LogP contribution in [0.3, 0.4) is 0 Å². The van der Waals surface area contributed by atoms with E-state index in [4.69, 9.17) is 30.5 Å². The van der Waals surface area contributed by atoms with Crippen LogP contribution >= 0.6 is 0 Å². The SMILES string of the molecule is [2H]c1c([2H])c([2H])c(-c2nc(-c3ccc(-c4c([2H])c([2H])c([2H])c5oc6c([2H])c7c([2H])c([2H])c([2H])c([2H])c7c([2H])c6c45)cc3)nc(-c3c([2H])c([2H])c([2H])c([2H])c3[2H])n2)c([2H])c1[2H]. The molecule has 8 rings (SSSR count). The molecule has 192 valence electrons. The number of benzene rings is 6. The van der Waals surface area contributed by atoms with Gasteiger partial charge in [-0.2, -0.15) is 0 Å². The summed E-state index contributed by atoms with van der Waals surface area (Å²) in [6.07, 6.45) is 0. The van der Waals surface area contributed by atoms with E-state index in [1.54, 1.807) is 0 Å². The predicted molar refractivity (Wildman–Crippen MR) is 166 cm³/mol. The van der Waals surface area contributed by atoms with Crippen molar-refractivity contribution < 1.29 is 30.5 Å². The van der Waals surface area contributed by atoms with Crippen LogP contribution in [0.25, 0.3) is 78.0 Å². The fraction of sp³-hybridized carbons (Fsp3) is 0. The lowest BCUT2D eigenvalue weighted by atomic mass is 9.97. The zero-order valence-corrected chi connectivity index (χ0v) is 20.6. The smallest absolute Gasteiger partial charge is 0.164 e. The number of aromatic nitrogens is 3. The van der Waals surface area contributed by atoms with Crippen LogP contribution in [-0.4, -0.2) is 15.0 Å². The van der Waals surface area contributed by atoms with Crippen molar-refractivity contribution in [1.29, 1.82) is 0 Å². The Balaban J connectivity index is 1.40. The molecule has 41 heavy (non-hydrogen) atoms. The Kier molecular flexibility index (Phi) is 2.58. The summed E-state index contributed by atoms with van der Waals surface area (Å²) in [6.45, 7) is 0. The Morgan fingerprint density at radius 1 is 0.463 bits per heavy atom. The second-order valence-electron chi connectivity index (χ2n) is 8.64. The van der Waals surface area contributed by atoms with E-state index in [9.17, 15) is 0 Å². The molecular weight excluding hydrogens is 502 g/mol. The first kappa shape index (κ1) is 11.1. The van der Waals surface area contributed by atoms with E-state index < -0.39 is 138 Å². The third kappa shape index (κ3) is 4.14. The maximum absolute atomic E-state index is 9.15. The van der Waals surface area contributed by atoms with E-state index in [1.807, 2.05) is 0 Å². The summed E-state index contributed by atoms with van der Waals surface area (Å²) in [5.74, 6) is -1.19. The van der Waals surface area contributed by atoms with Crippen LogP contribution in [0.4, 0.5) is 0 Å². The van der Waals surface area contributed by atoms with Crippen molar-refractivity contribution in [3.63, 3.8) is 0 Å². The molecule has 0 radical (unpaired) electrons. The molecule has 0 fully saturated rings. The molecule has 6 aromatic carbocycles. The summed E-state index contributed by atoms with van der Waals surface area (Å²) < 4.78 is 167. The van der Waals surface area contributed by atoms with Crippen LogP contribution in [0.1, 0.15) is 26.0 Å². The average molecular weight is 545 g/mol. The molecule has 0 unspecified atom stereocenters. The Morgan fingerprint density at radius 2 is 1.00 bits per heavy atom. The highest BCUT2D eigenvalue weighted by Gasteiger charge is 2.15. The van der Waals surface area contributed by atoms with Gasteiger partial charge in [-0.15, -0.1) is 0 Å². The van der Waals surface area contributed by atoms with Crippen molar-refractivity contribution in [2.45, 2.75) is 0 Å². The summed E-state index contributed by atoms with van der Waals surface area (Å²) in [4.78, 5) is 13.1. The van der Waals surface area contributed by atoms with Crippen molar-refractivity contribution in [1.82, 2.24) is 15.0 Å². The molecular formula is C37H23N3O. The molecule has 2 aromatic heterocycles. The van der Waals surface area contributed by atoms with Crippen LogP contribution in [0.2, 0.25) is 0 Å². The average Bonchev–Trinajstić information content (AvgIpc) is 3.64. The summed E-state index contributed by atoms with van der Waals surface area (Å²) in [5, 5.41) is -0.730. The van der Waals surface area contributed by atoms with Crippen molar-refractivity contribution in [3.8, 4) is 45.3 Å². The third-order valence-corrected chi connectivity index (χ3v) is 6.21. The van der Waals surface area contributed by atoms with Crippen LogP contribution in [-0.2, 0) is 0 Å². The fourth-order valence-electron chi connectivity index (χ4n) is 4.37.